The molecule has 0 aliphatic carbocycles. The van der Waals surface area contributed by atoms with Crippen LogP contribution in [0.5, 0.6) is 5.75 Å². The summed E-state index contributed by atoms with van der Waals surface area (Å²) in [5, 5.41) is 13.5. The predicted octanol–water partition coefficient (Wildman–Crippen LogP) is 1.66. The van der Waals surface area contributed by atoms with Crippen LogP contribution in [0.25, 0.3) is 0 Å². The molecule has 0 spiro atoms. The van der Waals surface area contributed by atoms with Crippen molar-refractivity contribution in [2.75, 3.05) is 13.2 Å². The summed E-state index contributed by atoms with van der Waals surface area (Å²) in [4.78, 5) is 7.92. The second kappa shape index (κ2) is 7.79. The molecule has 6 heteroatoms. The van der Waals surface area contributed by atoms with E-state index in [-0.39, 0.29) is 6.61 Å². The van der Waals surface area contributed by atoms with Crippen LogP contribution in [-0.2, 0) is 6.54 Å². The van der Waals surface area contributed by atoms with Gasteiger partial charge in [-0.25, -0.2) is 9.97 Å². The molecule has 1 aromatic heterocycles. The summed E-state index contributed by atoms with van der Waals surface area (Å²) in [6, 6.07) is 8.91. The maximum absolute atomic E-state index is 9.80. The van der Waals surface area contributed by atoms with Gasteiger partial charge in [0.2, 0.25) is 0 Å². The maximum Gasteiger partial charge on any atom is 0.120 e. The molecule has 1 heterocycles. The number of nitrogens with one attached hydrogen (secondary N) is 1. The quantitative estimate of drug-likeness (QED) is 0.813. The number of rotatable bonds is 7. The molecule has 20 heavy (non-hydrogen) atoms. The summed E-state index contributed by atoms with van der Waals surface area (Å²) < 4.78 is 5.45. The molecule has 1 atom stereocenters. The highest BCUT2D eigenvalue weighted by Crippen LogP contribution is 2.17. The van der Waals surface area contributed by atoms with Crippen LogP contribution in [0, 0.1) is 0 Å². The molecule has 5 nitrogen and oxygen atoms in total. The zero-order chi connectivity index (χ0) is 14.2. The molecule has 0 bridgehead atoms. The lowest BCUT2D eigenvalue weighted by atomic mass is 10.3. The number of halogens is 1. The van der Waals surface area contributed by atoms with E-state index in [1.807, 2.05) is 6.07 Å². The molecule has 2 N–H and O–H groups in total. The van der Waals surface area contributed by atoms with E-state index in [4.69, 9.17) is 16.3 Å². The maximum atomic E-state index is 9.80. The summed E-state index contributed by atoms with van der Waals surface area (Å²) in [5.41, 5.74) is 0.878. The molecular formula is C14H16ClN3O2. The van der Waals surface area contributed by atoms with Gasteiger partial charge in [-0.3, -0.25) is 0 Å². The Kier molecular flexibility index (Phi) is 5.73. The van der Waals surface area contributed by atoms with Crippen LogP contribution >= 0.6 is 11.6 Å². The molecule has 1 unspecified atom stereocenters. The summed E-state index contributed by atoms with van der Waals surface area (Å²) >= 11 is 5.84. The molecule has 0 amide bonds. The number of aliphatic hydroxyl groups excluding tert-OH is 1. The zero-order valence-corrected chi connectivity index (χ0v) is 11.6. The van der Waals surface area contributed by atoms with Gasteiger partial charge in [-0.1, -0.05) is 17.7 Å². The highest BCUT2D eigenvalue weighted by molar-refractivity contribution is 6.30. The van der Waals surface area contributed by atoms with E-state index in [1.165, 1.54) is 6.33 Å². The molecule has 106 valence electrons. The van der Waals surface area contributed by atoms with Gasteiger partial charge in [-0.15, -0.1) is 0 Å². The Morgan fingerprint density at radius 3 is 3.00 bits per heavy atom. The molecule has 2 rings (SSSR count). The van der Waals surface area contributed by atoms with Gasteiger partial charge in [0.05, 0.1) is 5.69 Å². The third-order valence-corrected chi connectivity index (χ3v) is 2.80. The second-order valence-corrected chi connectivity index (χ2v) is 4.69. The van der Waals surface area contributed by atoms with Crippen LogP contribution in [0.2, 0.25) is 5.02 Å². The van der Waals surface area contributed by atoms with Crippen molar-refractivity contribution >= 4 is 11.6 Å². The van der Waals surface area contributed by atoms with Gasteiger partial charge in [0.1, 0.15) is 24.8 Å². The molecule has 0 saturated heterocycles. The van der Waals surface area contributed by atoms with Crippen LogP contribution in [0.4, 0.5) is 0 Å². The molecule has 0 saturated carbocycles. The third kappa shape index (κ3) is 5.13. The molecule has 1 aromatic carbocycles. The Morgan fingerprint density at radius 2 is 2.25 bits per heavy atom. The first kappa shape index (κ1) is 14.7. The number of hydrogen-bond acceptors (Lipinski definition) is 5. The Balaban J connectivity index is 1.67. The zero-order valence-electron chi connectivity index (χ0n) is 10.9. The lowest BCUT2D eigenvalue weighted by Crippen LogP contribution is -2.31. The monoisotopic (exact) mass is 293 g/mol. The van der Waals surface area contributed by atoms with E-state index < -0.39 is 6.10 Å². The minimum Gasteiger partial charge on any atom is -0.491 e. The molecule has 0 fully saturated rings. The SMILES string of the molecule is OC(CNCc1ccncn1)COc1cccc(Cl)c1. The fourth-order valence-corrected chi connectivity index (χ4v) is 1.78. The number of benzene rings is 1. The second-order valence-electron chi connectivity index (χ2n) is 4.25. The van der Waals surface area contributed by atoms with Gasteiger partial charge in [0.25, 0.3) is 0 Å². The van der Waals surface area contributed by atoms with Crippen molar-refractivity contribution in [3.05, 3.63) is 53.6 Å². The fraction of sp³-hybridized carbons (Fsp3) is 0.286. The molecule has 0 aliphatic heterocycles. The van der Waals surface area contributed by atoms with Crippen LogP contribution in [0.15, 0.2) is 42.9 Å². The summed E-state index contributed by atoms with van der Waals surface area (Å²) in [7, 11) is 0. The average Bonchev–Trinajstić information content (AvgIpc) is 2.46. The largest absolute Gasteiger partial charge is 0.491 e. The topological polar surface area (TPSA) is 67.3 Å². The number of ether oxygens (including phenoxy) is 1. The van der Waals surface area contributed by atoms with Crippen molar-refractivity contribution in [3.8, 4) is 5.75 Å². The predicted molar refractivity (Wildman–Crippen MR) is 76.7 cm³/mol. The van der Waals surface area contributed by atoms with E-state index in [0.29, 0.717) is 23.9 Å². The summed E-state index contributed by atoms with van der Waals surface area (Å²) in [6.07, 6.45) is 2.58. The van der Waals surface area contributed by atoms with Crippen LogP contribution in [0.3, 0.4) is 0 Å². The minimum atomic E-state index is -0.601. The first-order chi connectivity index (χ1) is 9.74. The van der Waals surface area contributed by atoms with Crippen molar-refractivity contribution in [2.24, 2.45) is 0 Å². The van der Waals surface area contributed by atoms with E-state index in [0.717, 1.165) is 5.69 Å². The Hall–Kier alpha value is -1.69. The summed E-state index contributed by atoms with van der Waals surface area (Å²) in [5.74, 6) is 0.646. The van der Waals surface area contributed by atoms with Gasteiger partial charge in [0, 0.05) is 24.3 Å². The van der Waals surface area contributed by atoms with Crippen LogP contribution in [-0.4, -0.2) is 34.3 Å². The number of hydrogen-bond donors (Lipinski definition) is 2. The lowest BCUT2D eigenvalue weighted by molar-refractivity contribution is 0.106. The Labute approximate surface area is 122 Å². The molecule has 2 aromatic rings. The fourth-order valence-electron chi connectivity index (χ4n) is 1.60. The van der Waals surface area contributed by atoms with E-state index in [2.05, 4.69) is 15.3 Å². The van der Waals surface area contributed by atoms with Crippen LogP contribution < -0.4 is 10.1 Å². The minimum absolute atomic E-state index is 0.205. The van der Waals surface area contributed by atoms with Crippen molar-refractivity contribution in [1.29, 1.82) is 0 Å². The number of nitrogens with zero attached hydrogens (tertiary/aromatic N) is 2. The van der Waals surface area contributed by atoms with Crippen molar-refractivity contribution in [2.45, 2.75) is 12.6 Å². The smallest absolute Gasteiger partial charge is 0.120 e. The standard InChI is InChI=1S/C14H16ClN3O2/c15-11-2-1-3-14(6-11)20-9-13(19)8-17-7-12-4-5-16-10-18-12/h1-6,10,13,17,19H,7-9H2. The third-order valence-electron chi connectivity index (χ3n) is 2.57. The van der Waals surface area contributed by atoms with Crippen molar-refractivity contribution in [1.82, 2.24) is 15.3 Å². The van der Waals surface area contributed by atoms with E-state index >= 15 is 0 Å². The molecular weight excluding hydrogens is 278 g/mol. The van der Waals surface area contributed by atoms with E-state index in [1.54, 1.807) is 30.5 Å². The highest BCUT2D eigenvalue weighted by Gasteiger charge is 2.05. The van der Waals surface area contributed by atoms with E-state index in [9.17, 15) is 5.11 Å². The van der Waals surface area contributed by atoms with Gasteiger partial charge in [-0.2, -0.15) is 0 Å². The number of aliphatic hydroxyl groups is 1. The van der Waals surface area contributed by atoms with Crippen LogP contribution in [0.1, 0.15) is 5.69 Å². The number of aromatic nitrogens is 2. The molecule has 0 radical (unpaired) electrons. The van der Waals surface area contributed by atoms with Gasteiger partial charge in [-0.05, 0) is 24.3 Å². The molecule has 0 aliphatic rings. The Bertz CT molecular complexity index is 525. The van der Waals surface area contributed by atoms with Gasteiger partial charge < -0.3 is 15.2 Å². The normalized spacial score (nSPS) is 12.1. The van der Waals surface area contributed by atoms with Gasteiger partial charge >= 0.3 is 0 Å². The van der Waals surface area contributed by atoms with Gasteiger partial charge in [0.15, 0.2) is 0 Å². The average molecular weight is 294 g/mol. The highest BCUT2D eigenvalue weighted by atomic mass is 35.5. The first-order valence-electron chi connectivity index (χ1n) is 6.26. The first-order valence-corrected chi connectivity index (χ1v) is 6.64. The van der Waals surface area contributed by atoms with Crippen molar-refractivity contribution < 1.29 is 9.84 Å². The summed E-state index contributed by atoms with van der Waals surface area (Å²) in [6.45, 7) is 1.21. The van der Waals surface area contributed by atoms with Crippen molar-refractivity contribution in [3.63, 3.8) is 0 Å². The lowest BCUT2D eigenvalue weighted by Gasteiger charge is -2.13. The Morgan fingerprint density at radius 1 is 1.35 bits per heavy atom.